The average molecular weight is 501 g/mol. The van der Waals surface area contributed by atoms with Crippen LogP contribution in [0.5, 0.6) is 0 Å². The van der Waals surface area contributed by atoms with Gasteiger partial charge >= 0.3 is 0 Å². The van der Waals surface area contributed by atoms with Crippen molar-refractivity contribution in [1.29, 1.82) is 0 Å². The smallest absolute Gasteiger partial charge is 0.240 e. The van der Waals surface area contributed by atoms with Crippen LogP contribution in [0, 0.1) is 12.3 Å². The molecule has 0 spiro atoms. The molecule has 1 fully saturated rings. The first kappa shape index (κ1) is 27.3. The van der Waals surface area contributed by atoms with Crippen LogP contribution in [0.3, 0.4) is 0 Å². The largest absolute Gasteiger partial charge is 0.394 e. The second-order valence-electron chi connectivity index (χ2n) is 10.8. The molecule has 0 bridgehead atoms. The van der Waals surface area contributed by atoms with Gasteiger partial charge in [-0.2, -0.15) is 0 Å². The van der Waals surface area contributed by atoms with E-state index in [0.717, 1.165) is 21.7 Å². The van der Waals surface area contributed by atoms with Crippen molar-refractivity contribution in [1.82, 2.24) is 20.5 Å². The van der Waals surface area contributed by atoms with E-state index in [9.17, 15) is 15.0 Å². The second kappa shape index (κ2) is 11.2. The Balaban J connectivity index is 1.76. The third-order valence-corrected chi connectivity index (χ3v) is 7.42. The summed E-state index contributed by atoms with van der Waals surface area (Å²) in [5, 5.41) is 27.3. The van der Waals surface area contributed by atoms with Crippen LogP contribution in [-0.2, 0) is 4.79 Å². The van der Waals surface area contributed by atoms with Gasteiger partial charge in [-0.15, -0.1) is 11.3 Å². The first-order chi connectivity index (χ1) is 16.4. The van der Waals surface area contributed by atoms with E-state index in [1.165, 1.54) is 0 Å². The molecule has 1 aliphatic rings. The molecule has 3 rings (SSSR count). The van der Waals surface area contributed by atoms with Crippen LogP contribution in [0.1, 0.15) is 58.3 Å². The first-order valence-electron chi connectivity index (χ1n) is 12.2. The van der Waals surface area contributed by atoms with Crippen LogP contribution >= 0.6 is 11.3 Å². The number of aliphatic hydroxyl groups excluding tert-OH is 2. The SMILES string of the molecule is C=C(N[C@@H](CO)c1ccc(-c2scnc2C)cc1)[C@@H]1C[C@@H](O)CN1C(=O)[C@@H](NC(C)C)C(C)(C)C. The number of carbonyl (C=O) groups is 1. The molecule has 1 amide bonds. The molecular formula is C27H40N4O3S. The number of thiazole rings is 1. The number of rotatable bonds is 9. The highest BCUT2D eigenvalue weighted by Crippen LogP contribution is 2.31. The molecule has 35 heavy (non-hydrogen) atoms. The number of aryl methyl sites for hydroxylation is 1. The quantitative estimate of drug-likeness (QED) is 0.420. The van der Waals surface area contributed by atoms with Gasteiger partial charge in [0.2, 0.25) is 5.91 Å². The van der Waals surface area contributed by atoms with Gasteiger partial charge in [0.15, 0.2) is 0 Å². The van der Waals surface area contributed by atoms with Gasteiger partial charge in [-0.05, 0) is 23.5 Å². The molecule has 0 unspecified atom stereocenters. The van der Waals surface area contributed by atoms with Crippen LogP contribution in [0.15, 0.2) is 42.1 Å². The topological polar surface area (TPSA) is 97.7 Å². The zero-order chi connectivity index (χ0) is 25.9. The predicted molar refractivity (Wildman–Crippen MR) is 142 cm³/mol. The molecule has 8 heteroatoms. The molecule has 0 aliphatic carbocycles. The van der Waals surface area contributed by atoms with Crippen molar-refractivity contribution in [3.05, 3.63) is 53.3 Å². The minimum atomic E-state index is -0.614. The van der Waals surface area contributed by atoms with Gasteiger partial charge in [-0.25, -0.2) is 4.98 Å². The van der Waals surface area contributed by atoms with Crippen molar-refractivity contribution in [2.45, 2.75) is 78.2 Å². The van der Waals surface area contributed by atoms with Crippen LogP contribution in [0.25, 0.3) is 10.4 Å². The number of hydrogen-bond acceptors (Lipinski definition) is 7. The molecule has 1 aliphatic heterocycles. The van der Waals surface area contributed by atoms with E-state index in [2.05, 4.69) is 22.2 Å². The van der Waals surface area contributed by atoms with Crippen LogP contribution in [0.4, 0.5) is 0 Å². The summed E-state index contributed by atoms with van der Waals surface area (Å²) in [7, 11) is 0. The maximum absolute atomic E-state index is 13.6. The lowest BCUT2D eigenvalue weighted by molar-refractivity contribution is -0.137. The number of nitrogens with one attached hydrogen (secondary N) is 2. The number of aromatic nitrogens is 1. The Morgan fingerprint density at radius 3 is 2.46 bits per heavy atom. The molecule has 0 radical (unpaired) electrons. The maximum Gasteiger partial charge on any atom is 0.240 e. The third-order valence-electron chi connectivity index (χ3n) is 6.44. The third kappa shape index (κ3) is 6.50. The Morgan fingerprint density at radius 1 is 1.29 bits per heavy atom. The number of benzene rings is 1. The molecule has 192 valence electrons. The van der Waals surface area contributed by atoms with E-state index in [1.54, 1.807) is 16.2 Å². The summed E-state index contributed by atoms with van der Waals surface area (Å²) >= 11 is 1.60. The zero-order valence-electron chi connectivity index (χ0n) is 21.7. The Hall–Kier alpha value is -2.26. The fourth-order valence-electron chi connectivity index (χ4n) is 4.58. The summed E-state index contributed by atoms with van der Waals surface area (Å²) in [6, 6.07) is 7.07. The summed E-state index contributed by atoms with van der Waals surface area (Å²) in [5.41, 5.74) is 5.17. The molecule has 7 nitrogen and oxygen atoms in total. The minimum Gasteiger partial charge on any atom is -0.394 e. The van der Waals surface area contributed by atoms with Crippen molar-refractivity contribution in [2.75, 3.05) is 13.2 Å². The summed E-state index contributed by atoms with van der Waals surface area (Å²) < 4.78 is 0. The molecule has 2 aromatic rings. The Kier molecular flexibility index (Phi) is 8.75. The minimum absolute atomic E-state index is 0.0412. The van der Waals surface area contributed by atoms with E-state index in [1.807, 2.05) is 71.3 Å². The monoisotopic (exact) mass is 500 g/mol. The zero-order valence-corrected chi connectivity index (χ0v) is 22.5. The molecule has 2 heterocycles. The normalized spacial score (nSPS) is 20.2. The molecule has 4 N–H and O–H groups in total. The van der Waals surface area contributed by atoms with Gasteiger partial charge in [-0.1, -0.05) is 65.5 Å². The van der Waals surface area contributed by atoms with E-state index in [0.29, 0.717) is 12.1 Å². The molecule has 1 aromatic carbocycles. The summed E-state index contributed by atoms with van der Waals surface area (Å²) in [5.74, 6) is -0.0412. The summed E-state index contributed by atoms with van der Waals surface area (Å²) in [4.78, 5) is 20.8. The molecule has 1 saturated heterocycles. The fourth-order valence-corrected chi connectivity index (χ4v) is 5.39. The van der Waals surface area contributed by atoms with Crippen molar-refractivity contribution in [3.63, 3.8) is 0 Å². The Morgan fingerprint density at radius 2 is 1.94 bits per heavy atom. The second-order valence-corrected chi connectivity index (χ2v) is 11.7. The van der Waals surface area contributed by atoms with Gasteiger partial charge in [0.05, 0.1) is 46.9 Å². The van der Waals surface area contributed by atoms with E-state index >= 15 is 0 Å². The van der Waals surface area contributed by atoms with Crippen molar-refractivity contribution in [3.8, 4) is 10.4 Å². The van der Waals surface area contributed by atoms with Crippen molar-refractivity contribution >= 4 is 17.2 Å². The Labute approximate surface area is 213 Å². The van der Waals surface area contributed by atoms with Gasteiger partial charge in [0, 0.05) is 24.7 Å². The van der Waals surface area contributed by atoms with Crippen LogP contribution in [-0.4, -0.2) is 63.4 Å². The number of aliphatic hydroxyl groups is 2. The molecule has 4 atom stereocenters. The van der Waals surface area contributed by atoms with Crippen LogP contribution < -0.4 is 10.6 Å². The number of likely N-dealkylation sites (tertiary alicyclic amines) is 1. The van der Waals surface area contributed by atoms with Crippen molar-refractivity contribution in [2.24, 2.45) is 5.41 Å². The standard InChI is InChI=1S/C27H40N4O3S/c1-16(2)29-25(27(5,6)7)26(34)31-13-21(33)12-23(31)17(3)30-22(14-32)19-8-10-20(11-9-19)24-18(4)28-15-35-24/h8-11,15-16,21-23,25,29-30,32-33H,3,12-14H2,1-2,4-7H3/t21-,22+,23+,25-/m1/s1. The van der Waals surface area contributed by atoms with E-state index in [4.69, 9.17) is 0 Å². The maximum atomic E-state index is 13.6. The lowest BCUT2D eigenvalue weighted by atomic mass is 9.85. The number of amides is 1. The number of nitrogens with zero attached hydrogens (tertiary/aromatic N) is 2. The highest BCUT2D eigenvalue weighted by Gasteiger charge is 2.42. The molecular weight excluding hydrogens is 460 g/mol. The van der Waals surface area contributed by atoms with E-state index in [-0.39, 0.29) is 48.6 Å². The predicted octanol–water partition coefficient (Wildman–Crippen LogP) is 3.63. The van der Waals surface area contributed by atoms with Gasteiger partial charge in [0.1, 0.15) is 0 Å². The molecule has 1 aromatic heterocycles. The lowest BCUT2D eigenvalue weighted by Crippen LogP contribution is -2.56. The van der Waals surface area contributed by atoms with Gasteiger partial charge < -0.3 is 25.7 Å². The molecule has 0 saturated carbocycles. The van der Waals surface area contributed by atoms with E-state index < -0.39 is 6.10 Å². The van der Waals surface area contributed by atoms with Crippen LogP contribution in [0.2, 0.25) is 0 Å². The fraction of sp³-hybridized carbons (Fsp3) is 0.556. The first-order valence-corrected chi connectivity index (χ1v) is 13.1. The average Bonchev–Trinajstić information content (AvgIpc) is 3.40. The van der Waals surface area contributed by atoms with Gasteiger partial charge in [-0.3, -0.25) is 4.79 Å². The van der Waals surface area contributed by atoms with Crippen molar-refractivity contribution < 1.29 is 15.0 Å². The highest BCUT2D eigenvalue weighted by molar-refractivity contribution is 7.13. The Bertz CT molecular complexity index is 1010. The summed E-state index contributed by atoms with van der Waals surface area (Å²) in [6.45, 7) is 16.5. The highest BCUT2D eigenvalue weighted by atomic mass is 32.1. The number of β-amino-alcohol motifs (C(OH)–C–C–N with tert-alkyl or cyclic N) is 1. The van der Waals surface area contributed by atoms with Gasteiger partial charge in [0.25, 0.3) is 0 Å². The lowest BCUT2D eigenvalue weighted by Gasteiger charge is -2.37. The number of hydrogen-bond donors (Lipinski definition) is 4. The number of carbonyl (C=O) groups excluding carboxylic acids is 1. The summed E-state index contributed by atoms with van der Waals surface area (Å²) in [6.07, 6.45) is -0.200.